The topological polar surface area (TPSA) is 75.6 Å². The summed E-state index contributed by atoms with van der Waals surface area (Å²) in [5, 5.41) is 12.5. The molecule has 0 fully saturated rings. The number of esters is 1. The zero-order valence-electron chi connectivity index (χ0n) is 19.8. The van der Waals surface area contributed by atoms with Gasteiger partial charge in [0.2, 0.25) is 0 Å². The molecule has 4 aromatic carbocycles. The first kappa shape index (κ1) is 23.5. The zero-order valence-corrected chi connectivity index (χ0v) is 19.8. The van der Waals surface area contributed by atoms with Gasteiger partial charge in [0, 0.05) is 5.92 Å². The lowest BCUT2D eigenvalue weighted by atomic mass is 9.98. The van der Waals surface area contributed by atoms with Gasteiger partial charge in [-0.2, -0.15) is 0 Å². The number of carboxylic acid groups (broad SMARTS) is 1. The highest BCUT2D eigenvalue weighted by atomic mass is 16.5. The van der Waals surface area contributed by atoms with Crippen molar-refractivity contribution in [3.05, 3.63) is 120 Å². The maximum Gasteiger partial charge on any atom is 0.321 e. The van der Waals surface area contributed by atoms with Gasteiger partial charge in [0.15, 0.2) is 0 Å². The van der Waals surface area contributed by atoms with Crippen molar-refractivity contribution in [2.24, 2.45) is 0 Å². The summed E-state index contributed by atoms with van der Waals surface area (Å²) in [6.07, 6.45) is 0.265. The minimum atomic E-state index is -1.01. The van der Waals surface area contributed by atoms with Crippen LogP contribution in [0.2, 0.25) is 0 Å². The Hall–Kier alpha value is -4.22. The fourth-order valence-corrected chi connectivity index (χ4v) is 4.82. The highest BCUT2D eigenvalue weighted by Crippen LogP contribution is 2.44. The van der Waals surface area contributed by atoms with Crippen LogP contribution in [0.1, 0.15) is 22.6 Å². The minimum absolute atomic E-state index is 0.0280. The van der Waals surface area contributed by atoms with E-state index in [0.717, 1.165) is 38.9 Å². The molecule has 2 N–H and O–H groups in total. The molecule has 36 heavy (non-hydrogen) atoms. The van der Waals surface area contributed by atoms with E-state index >= 15 is 0 Å². The van der Waals surface area contributed by atoms with Gasteiger partial charge in [-0.15, -0.1) is 0 Å². The van der Waals surface area contributed by atoms with Gasteiger partial charge in [-0.05, 0) is 45.4 Å². The second-order valence-corrected chi connectivity index (χ2v) is 8.95. The van der Waals surface area contributed by atoms with Crippen LogP contribution in [0.5, 0.6) is 0 Å². The predicted octanol–water partition coefficient (Wildman–Crippen LogP) is 5.29. The van der Waals surface area contributed by atoms with Crippen molar-refractivity contribution >= 4 is 11.9 Å². The first-order chi connectivity index (χ1) is 17.6. The maximum atomic E-state index is 12.5. The van der Waals surface area contributed by atoms with Crippen molar-refractivity contribution in [1.29, 1.82) is 0 Å². The number of carbonyl (C=O) groups is 2. The minimum Gasteiger partial charge on any atom is -0.480 e. The molecule has 180 valence electrons. The highest BCUT2D eigenvalue weighted by molar-refractivity contribution is 5.79. The lowest BCUT2D eigenvalue weighted by molar-refractivity contribution is -0.144. The normalized spacial score (nSPS) is 13.0. The molecule has 5 rings (SSSR count). The molecule has 0 bridgehead atoms. The maximum absolute atomic E-state index is 12.5. The van der Waals surface area contributed by atoms with Crippen LogP contribution in [0.25, 0.3) is 22.3 Å². The molecule has 5 nitrogen and oxygen atoms in total. The molecule has 4 aromatic rings. The van der Waals surface area contributed by atoms with Gasteiger partial charge in [0.25, 0.3) is 0 Å². The first-order valence-corrected chi connectivity index (χ1v) is 12.0. The van der Waals surface area contributed by atoms with E-state index in [0.29, 0.717) is 0 Å². The van der Waals surface area contributed by atoms with Crippen molar-refractivity contribution in [1.82, 2.24) is 5.32 Å². The second kappa shape index (κ2) is 10.6. The van der Waals surface area contributed by atoms with E-state index in [1.54, 1.807) is 0 Å². The Morgan fingerprint density at radius 2 is 1.31 bits per heavy atom. The monoisotopic (exact) mass is 477 g/mol. The van der Waals surface area contributed by atoms with E-state index in [9.17, 15) is 14.7 Å². The fraction of sp³-hybridized carbons (Fsp3) is 0.161. The Bertz CT molecular complexity index is 1320. The van der Waals surface area contributed by atoms with Gasteiger partial charge < -0.3 is 9.84 Å². The van der Waals surface area contributed by atoms with Crippen LogP contribution in [0, 0.1) is 0 Å². The smallest absolute Gasteiger partial charge is 0.321 e. The Morgan fingerprint density at radius 3 is 1.92 bits per heavy atom. The molecule has 1 aliphatic carbocycles. The number of fused-ring (bicyclic) bond motifs is 3. The molecule has 1 atom stereocenters. The molecular formula is C31H27NO4. The Labute approximate surface area is 210 Å². The summed E-state index contributed by atoms with van der Waals surface area (Å²) in [4.78, 5) is 24.4. The van der Waals surface area contributed by atoms with E-state index in [1.165, 1.54) is 0 Å². The molecule has 0 amide bonds. The van der Waals surface area contributed by atoms with Gasteiger partial charge in [0.05, 0.1) is 6.54 Å². The molecule has 0 aromatic heterocycles. The fourth-order valence-electron chi connectivity index (χ4n) is 4.82. The Morgan fingerprint density at radius 1 is 0.750 bits per heavy atom. The number of rotatable bonds is 9. The van der Waals surface area contributed by atoms with Crippen LogP contribution < -0.4 is 5.32 Å². The molecule has 0 saturated heterocycles. The van der Waals surface area contributed by atoms with Crippen molar-refractivity contribution in [2.75, 3.05) is 13.2 Å². The number of carboxylic acids is 1. The SMILES string of the molecule is O=C(CN[C@@H](Cc1ccc(-c2ccccc2)cc1)C(=O)O)OCC1c2ccccc2-c2ccccc21. The average Bonchev–Trinajstić information content (AvgIpc) is 3.24. The lowest BCUT2D eigenvalue weighted by Crippen LogP contribution is -2.41. The highest BCUT2D eigenvalue weighted by Gasteiger charge is 2.29. The van der Waals surface area contributed by atoms with Crippen molar-refractivity contribution in [2.45, 2.75) is 18.4 Å². The molecule has 0 heterocycles. The van der Waals surface area contributed by atoms with Crippen LogP contribution in [-0.4, -0.2) is 36.2 Å². The van der Waals surface area contributed by atoms with Crippen molar-refractivity contribution in [3.63, 3.8) is 0 Å². The molecule has 0 saturated carbocycles. The van der Waals surface area contributed by atoms with Crippen molar-refractivity contribution in [3.8, 4) is 22.3 Å². The molecule has 0 spiro atoms. The quantitative estimate of drug-likeness (QED) is 0.320. The summed E-state index contributed by atoms with van der Waals surface area (Å²) < 4.78 is 5.59. The standard InChI is InChI=1S/C31H27NO4/c33-30(36-20-28-26-12-6-4-10-24(26)25-11-5-7-13-27(25)28)19-32-29(31(34)35)18-21-14-16-23(17-15-21)22-8-2-1-3-9-22/h1-17,28-29,32H,18-20H2,(H,34,35)/t29-/m0/s1. The number of hydrogen-bond acceptors (Lipinski definition) is 4. The second-order valence-electron chi connectivity index (χ2n) is 8.95. The van der Waals surface area contributed by atoms with Crippen LogP contribution in [0.4, 0.5) is 0 Å². The number of carbonyl (C=O) groups excluding carboxylic acids is 1. The summed E-state index contributed by atoms with van der Waals surface area (Å²) >= 11 is 0. The van der Waals surface area contributed by atoms with Crippen LogP contribution in [0.3, 0.4) is 0 Å². The van der Waals surface area contributed by atoms with Crippen LogP contribution in [-0.2, 0) is 20.7 Å². The zero-order chi connectivity index (χ0) is 24.9. The van der Waals surface area contributed by atoms with Crippen molar-refractivity contribution < 1.29 is 19.4 Å². The third-order valence-electron chi connectivity index (χ3n) is 6.67. The summed E-state index contributed by atoms with van der Waals surface area (Å²) in [5.41, 5.74) is 7.66. The summed E-state index contributed by atoms with van der Waals surface area (Å²) in [5.74, 6) is -1.50. The number of benzene rings is 4. The van der Waals surface area contributed by atoms with E-state index in [4.69, 9.17) is 4.74 Å². The van der Waals surface area contributed by atoms with Gasteiger partial charge in [-0.25, -0.2) is 0 Å². The Balaban J connectivity index is 1.17. The van der Waals surface area contributed by atoms with E-state index in [-0.39, 0.29) is 25.5 Å². The first-order valence-electron chi connectivity index (χ1n) is 12.0. The number of aliphatic carboxylic acids is 1. The molecule has 0 radical (unpaired) electrons. The molecule has 0 unspecified atom stereocenters. The summed E-state index contributed by atoms with van der Waals surface area (Å²) in [6.45, 7) is 0.0440. The Kier molecular flexibility index (Phi) is 6.92. The van der Waals surface area contributed by atoms with Crippen LogP contribution >= 0.6 is 0 Å². The van der Waals surface area contributed by atoms with Gasteiger partial charge in [-0.3, -0.25) is 14.9 Å². The molecule has 1 aliphatic rings. The van der Waals surface area contributed by atoms with Gasteiger partial charge in [0.1, 0.15) is 12.6 Å². The predicted molar refractivity (Wildman–Crippen MR) is 140 cm³/mol. The number of ether oxygens (including phenoxy) is 1. The third-order valence-corrected chi connectivity index (χ3v) is 6.67. The van der Waals surface area contributed by atoms with Gasteiger partial charge in [-0.1, -0.05) is 103 Å². The number of hydrogen-bond donors (Lipinski definition) is 2. The summed E-state index contributed by atoms with van der Waals surface area (Å²) in [7, 11) is 0. The number of nitrogens with one attached hydrogen (secondary N) is 1. The largest absolute Gasteiger partial charge is 0.480 e. The summed E-state index contributed by atoms with van der Waals surface area (Å²) in [6, 6.07) is 33.2. The van der Waals surface area contributed by atoms with Gasteiger partial charge >= 0.3 is 11.9 Å². The van der Waals surface area contributed by atoms with E-state index in [2.05, 4.69) is 29.6 Å². The molecule has 5 heteroatoms. The van der Waals surface area contributed by atoms with E-state index in [1.807, 2.05) is 78.9 Å². The average molecular weight is 478 g/mol. The third kappa shape index (κ3) is 5.07. The van der Waals surface area contributed by atoms with E-state index < -0.39 is 18.0 Å². The molecular weight excluding hydrogens is 450 g/mol. The van der Waals surface area contributed by atoms with Crippen LogP contribution in [0.15, 0.2) is 103 Å². The molecule has 0 aliphatic heterocycles. The lowest BCUT2D eigenvalue weighted by Gasteiger charge is -2.17.